The predicted octanol–water partition coefficient (Wildman–Crippen LogP) is 2.30. The van der Waals surface area contributed by atoms with E-state index < -0.39 is 15.6 Å². The molecule has 0 radical (unpaired) electrons. The molecule has 0 aliphatic heterocycles. The Balaban J connectivity index is 1.24. The number of aliphatic hydroxyl groups is 2. The van der Waals surface area contributed by atoms with Crippen LogP contribution in [0.2, 0.25) is 0 Å². The maximum Gasteiger partial charge on any atom is 0.256 e. The molecule has 0 saturated heterocycles. The minimum Gasteiger partial charge on any atom is -0.393 e. The number of aryl methyl sites for hydroxylation is 1. The second-order valence-corrected chi connectivity index (χ2v) is 12.6. The Bertz CT molecular complexity index is 1620. The molecule has 4 aromatic rings. The van der Waals surface area contributed by atoms with E-state index in [0.717, 1.165) is 21.0 Å². The molecule has 13 nitrogen and oxygen atoms in total. The van der Waals surface area contributed by atoms with Crippen molar-refractivity contribution in [3.63, 3.8) is 0 Å². The Morgan fingerprint density at radius 1 is 1.10 bits per heavy atom. The van der Waals surface area contributed by atoms with E-state index >= 15 is 0 Å². The molecule has 0 bridgehead atoms. The summed E-state index contributed by atoms with van der Waals surface area (Å²) < 4.78 is 27.7. The Morgan fingerprint density at radius 2 is 1.90 bits per heavy atom. The molecule has 2 fully saturated rings. The Labute approximate surface area is 231 Å². The maximum absolute atomic E-state index is 12.5. The van der Waals surface area contributed by atoms with E-state index in [4.69, 9.17) is 0 Å². The Kier molecular flexibility index (Phi) is 6.76. The van der Waals surface area contributed by atoms with Crippen LogP contribution in [0.5, 0.6) is 0 Å². The van der Waals surface area contributed by atoms with Gasteiger partial charge in [0.15, 0.2) is 5.82 Å². The van der Waals surface area contributed by atoms with Gasteiger partial charge in [0.25, 0.3) is 10.0 Å². The number of aromatic nitrogens is 7. The van der Waals surface area contributed by atoms with Crippen LogP contribution < -0.4 is 10.6 Å². The minimum atomic E-state index is -3.48. The third kappa shape index (κ3) is 5.42. The van der Waals surface area contributed by atoms with Crippen molar-refractivity contribution in [1.29, 1.82) is 0 Å². The first-order valence-corrected chi connectivity index (χ1v) is 14.7. The van der Waals surface area contributed by atoms with Crippen molar-refractivity contribution in [2.45, 2.75) is 55.4 Å². The van der Waals surface area contributed by atoms with Gasteiger partial charge in [-0.3, -0.25) is 4.68 Å². The summed E-state index contributed by atoms with van der Waals surface area (Å²) >= 11 is 0. The van der Waals surface area contributed by atoms with Crippen LogP contribution in [-0.2, 0) is 17.1 Å². The number of hydrogen-bond donors (Lipinski definition) is 4. The number of nitrogens with one attached hydrogen (secondary N) is 2. The lowest BCUT2D eigenvalue weighted by Gasteiger charge is -2.35. The SMILES string of the molecule is Cn1ccc(-c2cnc(Nc3ccnc(-c4cnn(S(=O)(=O)C5CC5)c4)n3)cc2NC2CCC(O)(CO)CC2)n1. The summed E-state index contributed by atoms with van der Waals surface area (Å²) in [7, 11) is -1.62. The second-order valence-electron chi connectivity index (χ2n) is 10.5. The highest BCUT2D eigenvalue weighted by molar-refractivity contribution is 7.90. The van der Waals surface area contributed by atoms with Gasteiger partial charge in [-0.15, -0.1) is 0 Å². The van der Waals surface area contributed by atoms with E-state index in [2.05, 4.69) is 35.8 Å². The van der Waals surface area contributed by atoms with Gasteiger partial charge in [-0.1, -0.05) is 0 Å². The van der Waals surface area contributed by atoms with Gasteiger partial charge < -0.3 is 20.8 Å². The van der Waals surface area contributed by atoms with E-state index in [1.54, 1.807) is 23.1 Å². The molecule has 2 saturated carbocycles. The topological polar surface area (TPSA) is 173 Å². The molecule has 2 aliphatic carbocycles. The average Bonchev–Trinajstić information content (AvgIpc) is 3.54. The van der Waals surface area contributed by atoms with Crippen LogP contribution in [0.3, 0.4) is 0 Å². The van der Waals surface area contributed by atoms with Crippen LogP contribution in [0.1, 0.15) is 38.5 Å². The molecule has 2 aliphatic rings. The second kappa shape index (κ2) is 10.3. The third-order valence-electron chi connectivity index (χ3n) is 7.40. The fraction of sp³-hybridized carbons (Fsp3) is 0.423. The van der Waals surface area contributed by atoms with Gasteiger partial charge in [-0.2, -0.15) is 14.3 Å². The van der Waals surface area contributed by atoms with Gasteiger partial charge in [-0.05, 0) is 50.7 Å². The molecule has 40 heavy (non-hydrogen) atoms. The third-order valence-corrected chi connectivity index (χ3v) is 9.44. The summed E-state index contributed by atoms with van der Waals surface area (Å²) in [5.74, 6) is 1.36. The van der Waals surface area contributed by atoms with Gasteiger partial charge in [-0.25, -0.2) is 23.4 Å². The molecule has 0 unspecified atom stereocenters. The minimum absolute atomic E-state index is 0.110. The van der Waals surface area contributed by atoms with Gasteiger partial charge in [0, 0.05) is 49.0 Å². The molecule has 4 N–H and O–H groups in total. The monoisotopic (exact) mass is 565 g/mol. The molecule has 0 amide bonds. The Morgan fingerprint density at radius 3 is 2.60 bits per heavy atom. The highest BCUT2D eigenvalue weighted by Gasteiger charge is 2.38. The molecule has 0 spiro atoms. The van der Waals surface area contributed by atoms with Crippen LogP contribution in [0.4, 0.5) is 17.3 Å². The highest BCUT2D eigenvalue weighted by atomic mass is 32.2. The molecule has 4 heterocycles. The first kappa shape index (κ1) is 26.3. The molecule has 4 aromatic heterocycles. The van der Waals surface area contributed by atoms with E-state index in [-0.39, 0.29) is 17.9 Å². The van der Waals surface area contributed by atoms with Crippen molar-refractivity contribution in [1.82, 2.24) is 33.9 Å². The summed E-state index contributed by atoms with van der Waals surface area (Å²) in [5, 5.41) is 34.9. The first-order chi connectivity index (χ1) is 19.2. The zero-order valence-electron chi connectivity index (χ0n) is 22.0. The van der Waals surface area contributed by atoms with Crippen molar-refractivity contribution < 1.29 is 18.6 Å². The van der Waals surface area contributed by atoms with E-state index in [0.29, 0.717) is 61.5 Å². The first-order valence-electron chi connectivity index (χ1n) is 13.2. The number of nitrogens with zero attached hydrogens (tertiary/aromatic N) is 7. The van der Waals surface area contributed by atoms with Crippen molar-refractivity contribution in [3.8, 4) is 22.6 Å². The number of pyridine rings is 1. The zero-order chi connectivity index (χ0) is 27.9. The molecule has 0 aromatic carbocycles. The van der Waals surface area contributed by atoms with Crippen LogP contribution in [0.25, 0.3) is 22.6 Å². The lowest BCUT2D eigenvalue weighted by atomic mass is 9.82. The number of anilines is 3. The van der Waals surface area contributed by atoms with Gasteiger partial charge in [0.2, 0.25) is 0 Å². The molecular weight excluding hydrogens is 534 g/mol. The van der Waals surface area contributed by atoms with Crippen LogP contribution in [-0.4, -0.2) is 76.0 Å². The van der Waals surface area contributed by atoms with Crippen LogP contribution in [0, 0.1) is 0 Å². The lowest BCUT2D eigenvalue weighted by Crippen LogP contribution is -2.41. The fourth-order valence-corrected chi connectivity index (χ4v) is 6.34. The van der Waals surface area contributed by atoms with Crippen molar-refractivity contribution >= 4 is 27.3 Å². The van der Waals surface area contributed by atoms with E-state index in [1.807, 2.05) is 25.4 Å². The van der Waals surface area contributed by atoms with E-state index in [1.165, 1.54) is 12.4 Å². The largest absolute Gasteiger partial charge is 0.393 e. The summed E-state index contributed by atoms with van der Waals surface area (Å²) in [6.07, 6.45) is 11.8. The van der Waals surface area contributed by atoms with Crippen molar-refractivity contribution in [2.24, 2.45) is 7.05 Å². The average molecular weight is 566 g/mol. The summed E-state index contributed by atoms with van der Waals surface area (Å²) in [5.41, 5.74) is 1.91. The van der Waals surface area contributed by atoms with E-state index in [9.17, 15) is 18.6 Å². The van der Waals surface area contributed by atoms with Gasteiger partial charge in [0.05, 0.1) is 41.1 Å². The summed E-state index contributed by atoms with van der Waals surface area (Å²) in [6, 6.07) is 5.62. The molecule has 14 heteroatoms. The van der Waals surface area contributed by atoms with Crippen LogP contribution >= 0.6 is 0 Å². The molecule has 0 atom stereocenters. The smallest absolute Gasteiger partial charge is 0.256 e. The summed E-state index contributed by atoms with van der Waals surface area (Å²) in [6.45, 7) is -0.236. The predicted molar refractivity (Wildman–Crippen MR) is 148 cm³/mol. The highest BCUT2D eigenvalue weighted by Crippen LogP contribution is 2.34. The molecular formula is C26H31N9O4S. The van der Waals surface area contributed by atoms with Gasteiger partial charge >= 0.3 is 0 Å². The van der Waals surface area contributed by atoms with Crippen LogP contribution in [0.15, 0.2) is 49.2 Å². The standard InChI is InChI=1S/C26H31N9O4S/c1-34-11-7-21(33-34)20-14-28-24(12-22(20)30-18-4-8-26(37,16-36)9-5-18)31-23-6-10-27-25(32-23)17-13-29-35(15-17)40(38,39)19-2-3-19/h6-7,10-15,18-19,36-37H,2-5,8-9,16H2,1H3,(H2,27,28,30,31,32). The van der Waals surface area contributed by atoms with Crippen molar-refractivity contribution in [3.05, 3.63) is 49.2 Å². The quantitative estimate of drug-likeness (QED) is 0.234. The number of hydrogen-bond acceptors (Lipinski definition) is 11. The fourth-order valence-electron chi connectivity index (χ4n) is 4.86. The zero-order valence-corrected chi connectivity index (χ0v) is 22.8. The number of rotatable bonds is 9. The van der Waals surface area contributed by atoms with Crippen molar-refractivity contribution in [2.75, 3.05) is 17.2 Å². The summed E-state index contributed by atoms with van der Waals surface area (Å²) in [4.78, 5) is 13.4. The lowest BCUT2D eigenvalue weighted by molar-refractivity contribution is -0.0438. The normalized spacial score (nSPS) is 21.3. The van der Waals surface area contributed by atoms with Gasteiger partial charge in [0.1, 0.15) is 11.6 Å². The molecule has 6 rings (SSSR count). The Hall–Kier alpha value is -3.88. The number of aliphatic hydroxyl groups excluding tert-OH is 1. The molecule has 210 valence electrons. The maximum atomic E-state index is 12.5.